The number of likely N-dealkylation sites (N-methyl/N-ethyl adjacent to an activating group) is 1. The van der Waals surface area contributed by atoms with Gasteiger partial charge in [-0.1, -0.05) is 19.9 Å². The molecule has 0 N–H and O–H groups in total. The van der Waals surface area contributed by atoms with Gasteiger partial charge in [-0.3, -0.25) is 9.15 Å². The smallest absolute Gasteiger partial charge is 0.410 e. The zero-order valence-corrected chi connectivity index (χ0v) is 13.7. The molecule has 118 valence electrons. The molecule has 0 saturated carbocycles. The number of fused-ring (bicyclic) bond motifs is 1. The lowest BCUT2D eigenvalue weighted by Gasteiger charge is -2.25. The van der Waals surface area contributed by atoms with Crippen LogP contribution in [0.1, 0.15) is 40.2 Å². The Bertz CT molecular complexity index is 555. The van der Waals surface area contributed by atoms with Gasteiger partial charge in [0.05, 0.1) is 6.10 Å². The SMILES string of the molecule is CC.CC(C)OC(=O)N(C)C(C)Cc1ccc2ooc2c1. The molecule has 2 rings (SSSR count). The summed E-state index contributed by atoms with van der Waals surface area (Å²) in [5.74, 6) is 0. The van der Waals surface area contributed by atoms with E-state index in [0.717, 1.165) is 23.2 Å². The zero-order valence-electron chi connectivity index (χ0n) is 13.7. The van der Waals surface area contributed by atoms with Crippen LogP contribution in [0.4, 0.5) is 4.79 Å². The fraction of sp³-hybridized carbons (Fsp3) is 0.562. The molecule has 2 aromatic rings. The summed E-state index contributed by atoms with van der Waals surface area (Å²) in [5.41, 5.74) is 2.60. The van der Waals surface area contributed by atoms with Gasteiger partial charge in [-0.05, 0) is 44.9 Å². The topological polar surface area (TPSA) is 55.8 Å². The summed E-state index contributed by atoms with van der Waals surface area (Å²) >= 11 is 0. The summed E-state index contributed by atoms with van der Waals surface area (Å²) in [7, 11) is 1.75. The third-order valence-corrected chi connectivity index (χ3v) is 3.05. The summed E-state index contributed by atoms with van der Waals surface area (Å²) in [6.07, 6.45) is 0.329. The molecule has 0 radical (unpaired) electrons. The number of rotatable bonds is 4. The standard InChI is InChI=1S/C14H19NO4.C2H6/c1-9(2)17-14(16)15(4)10(3)7-11-5-6-12-13(8-11)19-18-12;1-2/h5-6,8-10H,7H2,1-4H3;1-2H3. The Morgan fingerprint density at radius 3 is 2.29 bits per heavy atom. The summed E-state index contributed by atoms with van der Waals surface area (Å²) in [6, 6.07) is 5.81. The number of carbonyl (C=O) groups excluding carboxylic acids is 1. The summed E-state index contributed by atoms with van der Waals surface area (Å²) in [6.45, 7) is 9.66. The van der Waals surface area contributed by atoms with E-state index in [-0.39, 0.29) is 18.2 Å². The molecule has 21 heavy (non-hydrogen) atoms. The second-order valence-corrected chi connectivity index (χ2v) is 5.04. The van der Waals surface area contributed by atoms with Crippen LogP contribution in [0.2, 0.25) is 0 Å². The van der Waals surface area contributed by atoms with Crippen molar-refractivity contribution < 1.29 is 18.7 Å². The molecule has 1 aromatic heterocycles. The second kappa shape index (κ2) is 7.76. The van der Waals surface area contributed by atoms with Gasteiger partial charge in [0.1, 0.15) is 0 Å². The first kappa shape index (κ1) is 17.1. The number of ether oxygens (including phenoxy) is 1. The van der Waals surface area contributed by atoms with E-state index in [4.69, 9.17) is 13.9 Å². The first-order valence-electron chi connectivity index (χ1n) is 7.38. The van der Waals surface area contributed by atoms with Gasteiger partial charge in [0.15, 0.2) is 0 Å². The molecular formula is C16H25NO4. The third-order valence-electron chi connectivity index (χ3n) is 3.05. The van der Waals surface area contributed by atoms with Crippen molar-refractivity contribution in [3.63, 3.8) is 0 Å². The van der Waals surface area contributed by atoms with Crippen LogP contribution in [-0.2, 0) is 11.2 Å². The second-order valence-electron chi connectivity index (χ2n) is 5.04. The van der Waals surface area contributed by atoms with Crippen molar-refractivity contribution in [3.05, 3.63) is 23.8 Å². The number of nitrogens with zero attached hydrogens (tertiary/aromatic N) is 1. The van der Waals surface area contributed by atoms with Crippen molar-refractivity contribution in [2.24, 2.45) is 0 Å². The number of hydrogen-bond acceptors (Lipinski definition) is 4. The first-order valence-corrected chi connectivity index (χ1v) is 7.38. The fourth-order valence-corrected chi connectivity index (χ4v) is 1.81. The van der Waals surface area contributed by atoms with Gasteiger partial charge >= 0.3 is 6.09 Å². The molecule has 1 heterocycles. The molecule has 5 heteroatoms. The molecule has 0 aliphatic rings. The number of hydrogen-bond donors (Lipinski definition) is 0. The monoisotopic (exact) mass is 295 g/mol. The van der Waals surface area contributed by atoms with Crippen LogP contribution in [0, 0.1) is 0 Å². The Labute approximate surface area is 125 Å². The molecule has 1 atom stereocenters. The van der Waals surface area contributed by atoms with Gasteiger partial charge in [-0.2, -0.15) is 0 Å². The van der Waals surface area contributed by atoms with Crippen LogP contribution in [-0.4, -0.2) is 30.2 Å². The third kappa shape index (κ3) is 4.55. The van der Waals surface area contributed by atoms with E-state index >= 15 is 0 Å². The Hall–Kier alpha value is -1.91. The highest BCUT2D eigenvalue weighted by molar-refractivity contribution is 5.71. The number of amides is 1. The Morgan fingerprint density at radius 1 is 1.19 bits per heavy atom. The van der Waals surface area contributed by atoms with Crippen molar-refractivity contribution in [1.82, 2.24) is 4.90 Å². The van der Waals surface area contributed by atoms with E-state index in [0.29, 0.717) is 0 Å². The van der Waals surface area contributed by atoms with Crippen molar-refractivity contribution in [2.75, 3.05) is 7.05 Å². The summed E-state index contributed by atoms with van der Waals surface area (Å²) in [4.78, 5) is 13.4. The largest absolute Gasteiger partial charge is 0.447 e. The maximum atomic E-state index is 11.8. The van der Waals surface area contributed by atoms with Gasteiger partial charge < -0.3 is 9.64 Å². The molecular weight excluding hydrogens is 270 g/mol. The van der Waals surface area contributed by atoms with Crippen LogP contribution < -0.4 is 0 Å². The highest BCUT2D eigenvalue weighted by Gasteiger charge is 2.19. The molecule has 0 saturated heterocycles. The summed E-state index contributed by atoms with van der Waals surface area (Å²) < 4.78 is 14.8. The minimum absolute atomic E-state index is 0.0466. The summed E-state index contributed by atoms with van der Waals surface area (Å²) in [5, 5.41) is 0. The Morgan fingerprint density at radius 2 is 1.81 bits per heavy atom. The van der Waals surface area contributed by atoms with Crippen molar-refractivity contribution >= 4 is 17.3 Å². The molecule has 0 fully saturated rings. The lowest BCUT2D eigenvalue weighted by molar-refractivity contribution is 0.0587. The Kier molecular flexibility index (Phi) is 6.34. The van der Waals surface area contributed by atoms with Crippen molar-refractivity contribution in [3.8, 4) is 0 Å². The minimum atomic E-state index is -0.300. The van der Waals surface area contributed by atoms with Crippen LogP contribution in [0.5, 0.6) is 0 Å². The fourth-order valence-electron chi connectivity index (χ4n) is 1.81. The highest BCUT2D eigenvalue weighted by Crippen LogP contribution is 2.21. The quantitative estimate of drug-likeness (QED) is 0.781. The van der Waals surface area contributed by atoms with Crippen molar-refractivity contribution in [1.29, 1.82) is 0 Å². The zero-order chi connectivity index (χ0) is 16.0. The van der Waals surface area contributed by atoms with E-state index in [9.17, 15) is 4.79 Å². The van der Waals surface area contributed by atoms with Crippen LogP contribution in [0.3, 0.4) is 0 Å². The molecule has 5 nitrogen and oxygen atoms in total. The number of benzene rings is 1. The Balaban J connectivity index is 0.00000106. The van der Waals surface area contributed by atoms with Crippen LogP contribution in [0.15, 0.2) is 27.4 Å². The molecule has 0 aliphatic carbocycles. The van der Waals surface area contributed by atoms with E-state index in [1.165, 1.54) is 0 Å². The molecule has 0 bridgehead atoms. The van der Waals surface area contributed by atoms with E-state index in [2.05, 4.69) is 0 Å². The maximum Gasteiger partial charge on any atom is 0.410 e. The van der Waals surface area contributed by atoms with Gasteiger partial charge in [0.2, 0.25) is 11.2 Å². The molecule has 1 amide bonds. The van der Waals surface area contributed by atoms with E-state index in [1.807, 2.05) is 52.8 Å². The van der Waals surface area contributed by atoms with Gasteiger partial charge in [0.25, 0.3) is 0 Å². The number of carbonyl (C=O) groups is 1. The molecule has 0 spiro atoms. The average Bonchev–Trinajstić information content (AvgIpc) is 2.42. The lowest BCUT2D eigenvalue weighted by atomic mass is 10.1. The lowest BCUT2D eigenvalue weighted by Crippen LogP contribution is -2.37. The highest BCUT2D eigenvalue weighted by atomic mass is 17.0. The van der Waals surface area contributed by atoms with Crippen molar-refractivity contribution in [2.45, 2.75) is 53.2 Å². The van der Waals surface area contributed by atoms with E-state index < -0.39 is 0 Å². The predicted octanol–water partition coefficient (Wildman–Crippen LogP) is 4.46. The predicted molar refractivity (Wildman–Crippen MR) is 82.4 cm³/mol. The normalized spacial score (nSPS) is 12.0. The van der Waals surface area contributed by atoms with Crippen LogP contribution in [0.25, 0.3) is 11.2 Å². The van der Waals surface area contributed by atoms with Gasteiger partial charge in [-0.15, -0.1) is 0 Å². The first-order chi connectivity index (χ1) is 9.97. The molecule has 1 unspecified atom stereocenters. The van der Waals surface area contributed by atoms with Crippen LogP contribution >= 0.6 is 0 Å². The maximum absolute atomic E-state index is 11.8. The average molecular weight is 295 g/mol. The molecule has 0 aliphatic heterocycles. The van der Waals surface area contributed by atoms with Gasteiger partial charge in [-0.25, -0.2) is 4.79 Å². The van der Waals surface area contributed by atoms with E-state index in [1.54, 1.807) is 11.9 Å². The minimum Gasteiger partial charge on any atom is -0.447 e. The van der Waals surface area contributed by atoms with Gasteiger partial charge in [0, 0.05) is 13.1 Å². The molecule has 1 aromatic carbocycles.